The Labute approximate surface area is 180 Å². The molecule has 1 heterocycles. The van der Waals surface area contributed by atoms with Crippen molar-refractivity contribution in [2.24, 2.45) is 11.7 Å². The molecule has 3 rings (SSSR count). The predicted molar refractivity (Wildman–Crippen MR) is 117 cm³/mol. The summed E-state index contributed by atoms with van der Waals surface area (Å²) in [6.07, 6.45) is -0.783. The van der Waals surface area contributed by atoms with Gasteiger partial charge in [0.05, 0.1) is 16.5 Å². The van der Waals surface area contributed by atoms with Crippen molar-refractivity contribution in [2.45, 2.75) is 39.8 Å². The fourth-order valence-corrected chi connectivity index (χ4v) is 3.74. The maximum atomic E-state index is 12.7. The van der Waals surface area contributed by atoms with E-state index >= 15 is 0 Å². The number of rotatable bonds is 9. The topological polar surface area (TPSA) is 112 Å². The molecule has 1 aromatic heterocycles. The van der Waals surface area contributed by atoms with Gasteiger partial charge in [-0.15, -0.1) is 0 Å². The van der Waals surface area contributed by atoms with E-state index in [1.165, 1.54) is 0 Å². The number of carbonyl (C=O) groups excluding carboxylic acids is 2. The lowest BCUT2D eigenvalue weighted by Gasteiger charge is -2.18. The molecule has 0 spiro atoms. The van der Waals surface area contributed by atoms with Crippen LogP contribution in [0.3, 0.4) is 0 Å². The van der Waals surface area contributed by atoms with Crippen LogP contribution < -0.4 is 10.5 Å². The fourth-order valence-electron chi connectivity index (χ4n) is 3.74. The van der Waals surface area contributed by atoms with Gasteiger partial charge in [-0.05, 0) is 37.0 Å². The molecule has 3 aromatic rings. The molecule has 1 unspecified atom stereocenters. The number of carboxylic acids is 1. The zero-order chi connectivity index (χ0) is 22.7. The molecule has 1 atom stereocenters. The van der Waals surface area contributed by atoms with Gasteiger partial charge >= 0.3 is 5.97 Å². The van der Waals surface area contributed by atoms with E-state index < -0.39 is 23.8 Å². The van der Waals surface area contributed by atoms with Gasteiger partial charge in [0.15, 0.2) is 6.10 Å². The van der Waals surface area contributed by atoms with E-state index in [9.17, 15) is 19.5 Å². The van der Waals surface area contributed by atoms with Crippen molar-refractivity contribution in [1.29, 1.82) is 0 Å². The average Bonchev–Trinajstić information content (AvgIpc) is 2.99. The van der Waals surface area contributed by atoms with Crippen LogP contribution in [0.25, 0.3) is 10.9 Å². The van der Waals surface area contributed by atoms with Gasteiger partial charge in [-0.3, -0.25) is 9.59 Å². The summed E-state index contributed by atoms with van der Waals surface area (Å²) in [6, 6.07) is 14.9. The number of Topliss-reactive ketones (excluding diaryl/α,β-unsaturated/α-hetero) is 1. The number of carboxylic acid groups (broad SMARTS) is 1. The number of ether oxygens (including phenoxy) is 1. The minimum absolute atomic E-state index is 0.0939. The zero-order valence-corrected chi connectivity index (χ0v) is 17.8. The molecule has 7 heteroatoms. The summed E-state index contributed by atoms with van der Waals surface area (Å²) >= 11 is 0. The Hall–Kier alpha value is -3.61. The number of amides is 1. The van der Waals surface area contributed by atoms with Crippen LogP contribution >= 0.6 is 0 Å². The first-order valence-electron chi connectivity index (χ1n) is 10.1. The highest BCUT2D eigenvalue weighted by molar-refractivity contribution is 6.45. The molecule has 0 fully saturated rings. The fraction of sp³-hybridized carbons (Fsp3) is 0.292. The summed E-state index contributed by atoms with van der Waals surface area (Å²) in [5.41, 5.74) is 7.70. The smallest absolute Gasteiger partial charge is 0.344 e. The molecule has 7 nitrogen and oxygen atoms in total. The van der Waals surface area contributed by atoms with Crippen molar-refractivity contribution in [3.8, 4) is 5.75 Å². The second kappa shape index (κ2) is 9.04. The largest absolute Gasteiger partial charge is 0.479 e. The van der Waals surface area contributed by atoms with E-state index in [1.807, 2.05) is 54.8 Å². The first-order chi connectivity index (χ1) is 14.7. The lowest BCUT2D eigenvalue weighted by molar-refractivity contribution is -0.145. The molecule has 162 valence electrons. The van der Waals surface area contributed by atoms with Crippen LogP contribution in [0, 0.1) is 12.8 Å². The third-order valence-corrected chi connectivity index (χ3v) is 5.18. The highest BCUT2D eigenvalue weighted by Gasteiger charge is 2.28. The second-order valence-electron chi connectivity index (χ2n) is 7.95. The number of ketones is 1. The van der Waals surface area contributed by atoms with E-state index in [1.54, 1.807) is 19.1 Å². The van der Waals surface area contributed by atoms with Gasteiger partial charge in [0.1, 0.15) is 5.75 Å². The third kappa shape index (κ3) is 4.60. The molecular formula is C24H26N2O5. The first kappa shape index (κ1) is 22.1. The van der Waals surface area contributed by atoms with E-state index in [4.69, 9.17) is 10.5 Å². The minimum Gasteiger partial charge on any atom is -0.479 e. The number of hydrogen-bond donors (Lipinski definition) is 2. The van der Waals surface area contributed by atoms with Crippen molar-refractivity contribution in [3.05, 3.63) is 65.4 Å². The Morgan fingerprint density at radius 1 is 1.06 bits per heavy atom. The third-order valence-electron chi connectivity index (χ3n) is 5.18. The molecule has 0 saturated carbocycles. The zero-order valence-electron chi connectivity index (χ0n) is 17.8. The summed E-state index contributed by atoms with van der Waals surface area (Å²) < 4.78 is 7.78. The van der Waals surface area contributed by atoms with Crippen LogP contribution in [0.2, 0.25) is 0 Å². The molecule has 0 saturated heterocycles. The molecule has 0 bridgehead atoms. The molecule has 0 aliphatic carbocycles. The van der Waals surface area contributed by atoms with Gasteiger partial charge in [-0.2, -0.15) is 0 Å². The molecule has 1 amide bonds. The van der Waals surface area contributed by atoms with Crippen LogP contribution in [0.4, 0.5) is 0 Å². The summed E-state index contributed by atoms with van der Waals surface area (Å²) in [5.74, 6) is -2.66. The lowest BCUT2D eigenvalue weighted by atomic mass is 10.0. The number of carbonyl (C=O) groups is 3. The monoisotopic (exact) mass is 422 g/mol. The number of aliphatic carboxylic acids is 1. The summed E-state index contributed by atoms with van der Waals surface area (Å²) in [7, 11) is 0. The standard InChI is InChI=1S/C24H26N2O5/c1-14(2)12-19(24(29)30)31-18-11-7-10-17-21(18)20(22(27)23(25)28)15(3)26(17)13-16-8-5-4-6-9-16/h4-11,14,19H,12-13H2,1-3H3,(H2,25,28)(H,29,30). The van der Waals surface area contributed by atoms with E-state index in [0.29, 0.717) is 29.6 Å². The molecule has 31 heavy (non-hydrogen) atoms. The van der Waals surface area contributed by atoms with Gasteiger partial charge in [0.2, 0.25) is 0 Å². The summed E-state index contributed by atoms with van der Waals surface area (Å²) in [6.45, 7) is 6.02. The highest BCUT2D eigenvalue weighted by atomic mass is 16.5. The number of primary amides is 1. The van der Waals surface area contributed by atoms with Crippen LogP contribution in [-0.4, -0.2) is 33.4 Å². The Morgan fingerprint density at radius 2 is 1.74 bits per heavy atom. The molecule has 3 N–H and O–H groups in total. The van der Waals surface area contributed by atoms with Crippen LogP contribution in [0.5, 0.6) is 5.75 Å². The number of aromatic nitrogens is 1. The van der Waals surface area contributed by atoms with Gasteiger partial charge in [0.25, 0.3) is 11.7 Å². The molecule has 0 aliphatic rings. The van der Waals surface area contributed by atoms with Gasteiger partial charge in [-0.25, -0.2) is 4.79 Å². The van der Waals surface area contributed by atoms with Gasteiger partial charge in [-0.1, -0.05) is 50.2 Å². The number of nitrogens with two attached hydrogens (primary N) is 1. The van der Waals surface area contributed by atoms with Crippen molar-refractivity contribution in [3.63, 3.8) is 0 Å². The van der Waals surface area contributed by atoms with Crippen molar-refractivity contribution >= 4 is 28.6 Å². The number of hydrogen-bond acceptors (Lipinski definition) is 4. The molecule has 0 radical (unpaired) electrons. The maximum absolute atomic E-state index is 12.7. The van der Waals surface area contributed by atoms with Crippen LogP contribution in [0.15, 0.2) is 48.5 Å². The molecule has 0 aliphatic heterocycles. The summed E-state index contributed by atoms with van der Waals surface area (Å²) in [4.78, 5) is 36.3. The SMILES string of the molecule is Cc1c(C(=O)C(N)=O)c2c(OC(CC(C)C)C(=O)O)cccc2n1Cc1ccccc1. The van der Waals surface area contributed by atoms with Crippen molar-refractivity contribution in [2.75, 3.05) is 0 Å². The number of nitrogens with zero attached hydrogens (tertiary/aromatic N) is 1. The Bertz CT molecular complexity index is 1130. The Morgan fingerprint density at radius 3 is 2.32 bits per heavy atom. The normalized spacial score (nSPS) is 12.1. The van der Waals surface area contributed by atoms with Crippen LogP contribution in [0.1, 0.15) is 41.9 Å². The molecule has 2 aromatic carbocycles. The minimum atomic E-state index is -1.09. The van der Waals surface area contributed by atoms with E-state index in [2.05, 4.69) is 0 Å². The Kier molecular flexibility index (Phi) is 6.44. The lowest BCUT2D eigenvalue weighted by Crippen LogP contribution is -2.29. The van der Waals surface area contributed by atoms with Gasteiger partial charge < -0.3 is 20.1 Å². The number of fused-ring (bicyclic) bond motifs is 1. The van der Waals surface area contributed by atoms with E-state index in [-0.39, 0.29) is 17.2 Å². The quantitative estimate of drug-likeness (QED) is 0.405. The maximum Gasteiger partial charge on any atom is 0.344 e. The number of benzene rings is 2. The first-order valence-corrected chi connectivity index (χ1v) is 10.1. The molecular weight excluding hydrogens is 396 g/mol. The predicted octanol–water partition coefficient (Wildman–Crippen LogP) is 3.54. The van der Waals surface area contributed by atoms with Crippen molar-refractivity contribution in [1.82, 2.24) is 4.57 Å². The average molecular weight is 422 g/mol. The highest BCUT2D eigenvalue weighted by Crippen LogP contribution is 2.35. The summed E-state index contributed by atoms with van der Waals surface area (Å²) in [5, 5.41) is 10.0. The van der Waals surface area contributed by atoms with Gasteiger partial charge in [0, 0.05) is 12.2 Å². The van der Waals surface area contributed by atoms with E-state index in [0.717, 1.165) is 5.56 Å². The van der Waals surface area contributed by atoms with Crippen LogP contribution in [-0.2, 0) is 16.1 Å². The Balaban J connectivity index is 2.20. The second-order valence-corrected chi connectivity index (χ2v) is 7.95. The van der Waals surface area contributed by atoms with Crippen molar-refractivity contribution < 1.29 is 24.2 Å².